The van der Waals surface area contributed by atoms with Crippen molar-refractivity contribution in [3.63, 3.8) is 0 Å². The van der Waals surface area contributed by atoms with Crippen molar-refractivity contribution in [2.75, 3.05) is 24.5 Å². The van der Waals surface area contributed by atoms with Crippen LogP contribution in [0.15, 0.2) is 54.7 Å². The van der Waals surface area contributed by atoms with E-state index in [1.54, 1.807) is 6.92 Å². The van der Waals surface area contributed by atoms with Gasteiger partial charge in [-0.3, -0.25) is 9.59 Å². The number of carbonyl (C=O) groups excluding carboxylic acids is 2. The number of hydrogen-bond donors (Lipinski definition) is 1. The Labute approximate surface area is 157 Å². The maximum Gasteiger partial charge on any atom is 0.256 e. The third-order valence-electron chi connectivity index (χ3n) is 5.97. The van der Waals surface area contributed by atoms with E-state index in [2.05, 4.69) is 11.1 Å². The highest BCUT2D eigenvalue weighted by molar-refractivity contribution is 6.07. The molecule has 1 fully saturated rings. The number of rotatable bonds is 1. The highest BCUT2D eigenvalue weighted by atomic mass is 16.2. The van der Waals surface area contributed by atoms with E-state index < -0.39 is 0 Å². The van der Waals surface area contributed by atoms with Crippen molar-refractivity contribution in [1.82, 2.24) is 9.88 Å². The third-order valence-corrected chi connectivity index (χ3v) is 5.97. The summed E-state index contributed by atoms with van der Waals surface area (Å²) in [5.74, 6) is 0.680. The van der Waals surface area contributed by atoms with Crippen molar-refractivity contribution in [1.29, 1.82) is 0 Å². The first-order valence-electron chi connectivity index (χ1n) is 9.36. The molecule has 0 bridgehead atoms. The van der Waals surface area contributed by atoms with E-state index >= 15 is 0 Å². The zero-order valence-corrected chi connectivity index (χ0v) is 15.2. The molecule has 2 unspecified atom stereocenters. The van der Waals surface area contributed by atoms with E-state index in [4.69, 9.17) is 0 Å². The number of para-hydroxylation sites is 2. The minimum absolute atomic E-state index is 0.0577. The van der Waals surface area contributed by atoms with Gasteiger partial charge >= 0.3 is 0 Å². The normalized spacial score (nSPS) is 21.2. The molecule has 0 aliphatic carbocycles. The van der Waals surface area contributed by atoms with Crippen molar-refractivity contribution in [3.05, 3.63) is 65.9 Å². The lowest BCUT2D eigenvalue weighted by molar-refractivity contribution is -0.116. The van der Waals surface area contributed by atoms with E-state index in [-0.39, 0.29) is 23.7 Å². The van der Waals surface area contributed by atoms with Gasteiger partial charge in [-0.25, -0.2) is 0 Å². The molecule has 5 nitrogen and oxygen atoms in total. The minimum Gasteiger partial charge on any atom is -0.360 e. The van der Waals surface area contributed by atoms with Gasteiger partial charge in [0.25, 0.3) is 5.91 Å². The van der Waals surface area contributed by atoms with Crippen LogP contribution in [0.3, 0.4) is 0 Å². The fourth-order valence-electron chi connectivity index (χ4n) is 4.67. The molecule has 5 heteroatoms. The Morgan fingerprint density at radius 2 is 1.78 bits per heavy atom. The molecular weight excluding hydrogens is 338 g/mol. The molecule has 1 saturated heterocycles. The molecule has 27 heavy (non-hydrogen) atoms. The fourth-order valence-corrected chi connectivity index (χ4v) is 4.67. The summed E-state index contributed by atoms with van der Waals surface area (Å²) >= 11 is 0. The number of aromatic amines is 1. The van der Waals surface area contributed by atoms with Crippen molar-refractivity contribution >= 4 is 28.4 Å². The van der Waals surface area contributed by atoms with Gasteiger partial charge in [-0.05, 0) is 17.7 Å². The molecular formula is C22H21N3O2. The highest BCUT2D eigenvalue weighted by Gasteiger charge is 2.42. The lowest BCUT2D eigenvalue weighted by Gasteiger charge is -2.35. The zero-order valence-electron chi connectivity index (χ0n) is 15.2. The van der Waals surface area contributed by atoms with Crippen LogP contribution < -0.4 is 4.90 Å². The second-order valence-electron chi connectivity index (χ2n) is 7.51. The van der Waals surface area contributed by atoms with Crippen LogP contribution in [0.2, 0.25) is 0 Å². The van der Waals surface area contributed by atoms with Crippen LogP contribution in [0, 0.1) is 5.92 Å². The Morgan fingerprint density at radius 3 is 2.63 bits per heavy atom. The summed E-state index contributed by atoms with van der Waals surface area (Å²) in [5, 5.41) is 0.961. The number of nitrogens with one attached hydrogen (secondary N) is 1. The number of carbonyl (C=O) groups is 2. The second kappa shape index (κ2) is 5.98. The number of hydrogen-bond acceptors (Lipinski definition) is 2. The van der Waals surface area contributed by atoms with Crippen LogP contribution in [0.4, 0.5) is 5.69 Å². The van der Waals surface area contributed by atoms with Crippen molar-refractivity contribution < 1.29 is 9.59 Å². The van der Waals surface area contributed by atoms with Crippen molar-refractivity contribution in [3.8, 4) is 0 Å². The van der Waals surface area contributed by atoms with Crippen LogP contribution in [0.5, 0.6) is 0 Å². The van der Waals surface area contributed by atoms with Crippen LogP contribution in [0.1, 0.15) is 28.8 Å². The molecule has 1 N–H and O–H groups in total. The van der Waals surface area contributed by atoms with E-state index in [0.29, 0.717) is 19.6 Å². The third kappa shape index (κ3) is 2.46. The lowest BCUT2D eigenvalue weighted by atomic mass is 9.84. The van der Waals surface area contributed by atoms with Gasteiger partial charge in [-0.15, -0.1) is 0 Å². The summed E-state index contributed by atoms with van der Waals surface area (Å²) in [6, 6.07) is 16.0. The lowest BCUT2D eigenvalue weighted by Crippen LogP contribution is -2.40. The number of nitrogens with zero attached hydrogens (tertiary/aromatic N) is 2. The Morgan fingerprint density at radius 1 is 1.00 bits per heavy atom. The molecule has 3 heterocycles. The standard InChI is InChI=1S/C22H21N3O2/c1-14(26)25-12-15-11-24(13-19(15)17-7-3-5-9-21(17)25)22(27)18-10-23-20-8-4-2-6-16(18)20/h2-10,15,19,23H,11-13H2,1H3. The first-order valence-corrected chi connectivity index (χ1v) is 9.36. The average Bonchev–Trinajstić information content (AvgIpc) is 3.31. The minimum atomic E-state index is 0.0577. The molecule has 0 saturated carbocycles. The quantitative estimate of drug-likeness (QED) is 0.724. The smallest absolute Gasteiger partial charge is 0.256 e. The summed E-state index contributed by atoms with van der Waals surface area (Å²) in [7, 11) is 0. The number of amides is 2. The van der Waals surface area contributed by atoms with Crippen molar-refractivity contribution in [2.24, 2.45) is 5.92 Å². The summed E-state index contributed by atoms with van der Waals surface area (Å²) in [5.41, 5.74) is 3.87. The predicted molar refractivity (Wildman–Crippen MR) is 105 cm³/mol. The second-order valence-corrected chi connectivity index (χ2v) is 7.51. The average molecular weight is 359 g/mol. The Bertz CT molecular complexity index is 1050. The SMILES string of the molecule is CC(=O)N1CC2CN(C(=O)c3c[nH]c4ccccc34)CC2c2ccccc21. The van der Waals surface area contributed by atoms with Crippen LogP contribution in [-0.4, -0.2) is 41.3 Å². The molecule has 0 radical (unpaired) electrons. The molecule has 2 atom stereocenters. The molecule has 2 aliphatic heterocycles. The Balaban J connectivity index is 1.48. The van der Waals surface area contributed by atoms with Gasteiger partial charge in [0.2, 0.25) is 5.91 Å². The molecule has 2 aliphatic rings. The summed E-state index contributed by atoms with van der Waals surface area (Å²) < 4.78 is 0. The molecule has 3 aromatic rings. The summed E-state index contributed by atoms with van der Waals surface area (Å²) in [6.07, 6.45) is 1.81. The number of anilines is 1. The Kier molecular flexibility index (Phi) is 3.57. The molecule has 136 valence electrons. The number of aromatic nitrogens is 1. The number of fused-ring (bicyclic) bond motifs is 4. The number of H-pyrrole nitrogens is 1. The zero-order chi connectivity index (χ0) is 18.5. The molecule has 5 rings (SSSR count). The van der Waals surface area contributed by atoms with Crippen LogP contribution in [-0.2, 0) is 4.79 Å². The topological polar surface area (TPSA) is 56.4 Å². The van der Waals surface area contributed by atoms with Gasteiger partial charge in [0, 0.05) is 61.2 Å². The first kappa shape index (κ1) is 16.1. The summed E-state index contributed by atoms with van der Waals surface area (Å²) in [6.45, 7) is 3.67. The van der Waals surface area contributed by atoms with Gasteiger partial charge in [-0.1, -0.05) is 36.4 Å². The van der Waals surface area contributed by atoms with Crippen molar-refractivity contribution in [2.45, 2.75) is 12.8 Å². The summed E-state index contributed by atoms with van der Waals surface area (Å²) in [4.78, 5) is 32.4. The predicted octanol–water partition coefficient (Wildman–Crippen LogP) is 3.39. The Hall–Kier alpha value is -3.08. The maximum atomic E-state index is 13.2. The fraction of sp³-hybridized carbons (Fsp3) is 0.273. The monoisotopic (exact) mass is 359 g/mol. The van der Waals surface area contributed by atoms with Gasteiger partial charge in [-0.2, -0.15) is 0 Å². The molecule has 1 aromatic heterocycles. The van der Waals surface area contributed by atoms with Crippen LogP contribution in [0.25, 0.3) is 10.9 Å². The number of likely N-dealkylation sites (tertiary alicyclic amines) is 1. The van der Waals surface area contributed by atoms with E-state index in [9.17, 15) is 9.59 Å². The maximum absolute atomic E-state index is 13.2. The first-order chi connectivity index (χ1) is 13.1. The molecule has 0 spiro atoms. The largest absolute Gasteiger partial charge is 0.360 e. The molecule has 2 aromatic carbocycles. The van der Waals surface area contributed by atoms with Gasteiger partial charge in [0.15, 0.2) is 0 Å². The van der Waals surface area contributed by atoms with Gasteiger partial charge in [0.05, 0.1) is 5.56 Å². The van der Waals surface area contributed by atoms with Gasteiger partial charge in [0.1, 0.15) is 0 Å². The number of benzene rings is 2. The highest BCUT2D eigenvalue weighted by Crippen LogP contribution is 2.43. The molecule has 2 amide bonds. The van der Waals surface area contributed by atoms with E-state index in [1.807, 2.05) is 58.5 Å². The van der Waals surface area contributed by atoms with E-state index in [1.165, 1.54) is 5.56 Å². The van der Waals surface area contributed by atoms with E-state index in [0.717, 1.165) is 22.2 Å². The van der Waals surface area contributed by atoms with Crippen LogP contribution >= 0.6 is 0 Å². The van der Waals surface area contributed by atoms with Gasteiger partial charge < -0.3 is 14.8 Å².